The van der Waals surface area contributed by atoms with Gasteiger partial charge in [-0.3, -0.25) is 14.4 Å². The van der Waals surface area contributed by atoms with E-state index >= 15 is 0 Å². The van der Waals surface area contributed by atoms with Crippen LogP contribution in [0.1, 0.15) is 32.3 Å². The van der Waals surface area contributed by atoms with Crippen molar-refractivity contribution >= 4 is 23.8 Å². The molecule has 4 atom stereocenters. The molecular formula is C19H27N3O6. The molecule has 9 heteroatoms. The molecule has 0 fully saturated rings. The number of carboxylic acids is 2. The van der Waals surface area contributed by atoms with E-state index in [1.807, 2.05) is 13.8 Å². The van der Waals surface area contributed by atoms with Crippen LogP contribution in [0.25, 0.3) is 0 Å². The summed E-state index contributed by atoms with van der Waals surface area (Å²) in [5.41, 5.74) is 6.65. The van der Waals surface area contributed by atoms with Crippen molar-refractivity contribution in [1.29, 1.82) is 0 Å². The summed E-state index contributed by atoms with van der Waals surface area (Å²) in [4.78, 5) is 47.1. The van der Waals surface area contributed by atoms with Crippen molar-refractivity contribution in [3.05, 3.63) is 35.9 Å². The van der Waals surface area contributed by atoms with Crippen LogP contribution < -0.4 is 16.4 Å². The summed E-state index contributed by atoms with van der Waals surface area (Å²) in [6.45, 7) is 3.69. The van der Waals surface area contributed by atoms with Gasteiger partial charge < -0.3 is 26.6 Å². The lowest BCUT2D eigenvalue weighted by atomic mass is 9.98. The molecule has 0 bridgehead atoms. The Morgan fingerprint density at radius 2 is 1.57 bits per heavy atom. The third kappa shape index (κ3) is 7.36. The van der Waals surface area contributed by atoms with Crippen molar-refractivity contribution in [2.75, 3.05) is 0 Å². The van der Waals surface area contributed by atoms with E-state index in [1.165, 1.54) is 0 Å². The maximum atomic E-state index is 12.6. The Bertz CT molecular complexity index is 694. The Morgan fingerprint density at radius 1 is 1.00 bits per heavy atom. The molecule has 154 valence electrons. The highest BCUT2D eigenvalue weighted by Gasteiger charge is 2.30. The van der Waals surface area contributed by atoms with Gasteiger partial charge in [0.1, 0.15) is 12.1 Å². The number of nitrogens with two attached hydrogens (primary N) is 1. The summed E-state index contributed by atoms with van der Waals surface area (Å²) in [7, 11) is 0. The monoisotopic (exact) mass is 393 g/mol. The molecule has 0 spiro atoms. The number of hydrogen-bond donors (Lipinski definition) is 5. The molecule has 1 rings (SSSR count). The lowest BCUT2D eigenvalue weighted by Crippen LogP contribution is -2.56. The number of carboxylic acid groups (broad SMARTS) is 2. The zero-order valence-electron chi connectivity index (χ0n) is 15.9. The molecule has 0 saturated carbocycles. The molecule has 4 unspecified atom stereocenters. The van der Waals surface area contributed by atoms with E-state index in [-0.39, 0.29) is 12.3 Å². The summed E-state index contributed by atoms with van der Waals surface area (Å²) in [5.74, 6) is -4.27. The number of carbonyl (C=O) groups excluding carboxylic acids is 2. The third-order valence-corrected chi connectivity index (χ3v) is 4.47. The molecule has 0 aliphatic rings. The molecular weight excluding hydrogens is 366 g/mol. The minimum absolute atomic E-state index is 0.102. The van der Waals surface area contributed by atoms with E-state index in [0.29, 0.717) is 6.42 Å². The van der Waals surface area contributed by atoms with Gasteiger partial charge in [0.15, 0.2) is 0 Å². The molecule has 2 amide bonds. The fraction of sp³-hybridized carbons (Fsp3) is 0.474. The van der Waals surface area contributed by atoms with Crippen molar-refractivity contribution < 1.29 is 29.4 Å². The average Bonchev–Trinajstić information content (AvgIpc) is 2.65. The number of aliphatic carboxylic acids is 2. The lowest BCUT2D eigenvalue weighted by molar-refractivity contribution is -0.147. The molecule has 28 heavy (non-hydrogen) atoms. The maximum Gasteiger partial charge on any atom is 0.326 e. The van der Waals surface area contributed by atoms with Gasteiger partial charge in [0, 0.05) is 6.42 Å². The van der Waals surface area contributed by atoms with Crippen molar-refractivity contribution in [2.24, 2.45) is 11.7 Å². The molecule has 0 saturated heterocycles. The van der Waals surface area contributed by atoms with Gasteiger partial charge in [-0.2, -0.15) is 0 Å². The van der Waals surface area contributed by atoms with Crippen LogP contribution in [0.4, 0.5) is 0 Å². The van der Waals surface area contributed by atoms with Crippen LogP contribution in [0.5, 0.6) is 0 Å². The number of amides is 2. The van der Waals surface area contributed by atoms with Gasteiger partial charge in [-0.15, -0.1) is 0 Å². The molecule has 6 N–H and O–H groups in total. The Labute approximate surface area is 163 Å². The maximum absolute atomic E-state index is 12.6. The van der Waals surface area contributed by atoms with Crippen LogP contribution in [0, 0.1) is 5.92 Å². The van der Waals surface area contributed by atoms with E-state index in [2.05, 4.69) is 10.6 Å². The van der Waals surface area contributed by atoms with Crippen LogP contribution in [0.3, 0.4) is 0 Å². The van der Waals surface area contributed by atoms with Crippen LogP contribution >= 0.6 is 0 Å². The van der Waals surface area contributed by atoms with Gasteiger partial charge in [0.2, 0.25) is 11.8 Å². The second-order valence-electron chi connectivity index (χ2n) is 6.66. The van der Waals surface area contributed by atoms with Crippen LogP contribution in [0.15, 0.2) is 30.3 Å². The van der Waals surface area contributed by atoms with Gasteiger partial charge in [-0.25, -0.2) is 4.79 Å². The van der Waals surface area contributed by atoms with Crippen LogP contribution in [0.2, 0.25) is 0 Å². The zero-order valence-corrected chi connectivity index (χ0v) is 15.9. The average molecular weight is 393 g/mol. The van der Waals surface area contributed by atoms with E-state index in [0.717, 1.165) is 5.56 Å². The molecule has 0 aliphatic heterocycles. The van der Waals surface area contributed by atoms with Crippen molar-refractivity contribution in [3.63, 3.8) is 0 Å². The van der Waals surface area contributed by atoms with E-state index in [1.54, 1.807) is 30.3 Å². The Balaban J connectivity index is 2.98. The van der Waals surface area contributed by atoms with Gasteiger partial charge in [0.05, 0.1) is 12.5 Å². The number of nitrogens with one attached hydrogen (secondary N) is 2. The summed E-state index contributed by atoms with van der Waals surface area (Å²) < 4.78 is 0. The Kier molecular flexibility index (Phi) is 9.10. The SMILES string of the molecule is CCC(C)C(N)C(=O)NC(Cc1ccccc1)C(=O)NC(CC(=O)O)C(=O)O. The first-order valence-corrected chi connectivity index (χ1v) is 9.00. The molecule has 0 aliphatic carbocycles. The third-order valence-electron chi connectivity index (χ3n) is 4.47. The Hall–Kier alpha value is -2.94. The minimum Gasteiger partial charge on any atom is -0.481 e. The van der Waals surface area contributed by atoms with E-state index in [4.69, 9.17) is 15.9 Å². The minimum atomic E-state index is -1.61. The van der Waals surface area contributed by atoms with Crippen LogP contribution in [-0.2, 0) is 25.6 Å². The van der Waals surface area contributed by atoms with Crippen molar-refractivity contribution in [3.8, 4) is 0 Å². The smallest absolute Gasteiger partial charge is 0.326 e. The zero-order chi connectivity index (χ0) is 21.3. The molecule has 1 aromatic carbocycles. The molecule has 0 heterocycles. The highest BCUT2D eigenvalue weighted by molar-refractivity contribution is 5.93. The fourth-order valence-electron chi connectivity index (χ4n) is 2.49. The molecule has 0 aromatic heterocycles. The van der Waals surface area contributed by atoms with E-state index in [9.17, 15) is 19.2 Å². The number of rotatable bonds is 11. The van der Waals surface area contributed by atoms with Gasteiger partial charge in [-0.1, -0.05) is 50.6 Å². The standard InChI is InChI=1S/C19H27N3O6/c1-3-11(2)16(20)18(26)21-13(9-12-7-5-4-6-8-12)17(25)22-14(19(27)28)10-15(23)24/h4-8,11,13-14,16H,3,9-10,20H2,1-2H3,(H,21,26)(H,22,25)(H,23,24)(H,27,28). The summed E-state index contributed by atoms with van der Waals surface area (Å²) in [6, 6.07) is 5.31. The second kappa shape index (κ2) is 11.0. The van der Waals surface area contributed by atoms with Crippen molar-refractivity contribution in [1.82, 2.24) is 10.6 Å². The van der Waals surface area contributed by atoms with Crippen LogP contribution in [-0.4, -0.2) is 52.1 Å². The first-order chi connectivity index (χ1) is 13.1. The second-order valence-corrected chi connectivity index (χ2v) is 6.66. The number of hydrogen-bond acceptors (Lipinski definition) is 5. The largest absolute Gasteiger partial charge is 0.481 e. The number of benzene rings is 1. The van der Waals surface area contributed by atoms with Gasteiger partial charge in [0.25, 0.3) is 0 Å². The van der Waals surface area contributed by atoms with Crippen molar-refractivity contribution in [2.45, 2.75) is 51.2 Å². The fourth-order valence-corrected chi connectivity index (χ4v) is 2.49. The molecule has 9 nitrogen and oxygen atoms in total. The quantitative estimate of drug-likeness (QED) is 0.357. The summed E-state index contributed by atoms with van der Waals surface area (Å²) >= 11 is 0. The normalized spacial score (nSPS) is 15.0. The Morgan fingerprint density at radius 3 is 2.07 bits per heavy atom. The highest BCUT2D eigenvalue weighted by atomic mass is 16.4. The molecule has 1 aromatic rings. The molecule has 0 radical (unpaired) electrons. The van der Waals surface area contributed by atoms with Gasteiger partial charge >= 0.3 is 11.9 Å². The lowest BCUT2D eigenvalue weighted by Gasteiger charge is -2.24. The van der Waals surface area contributed by atoms with Gasteiger partial charge in [-0.05, 0) is 11.5 Å². The number of carbonyl (C=O) groups is 4. The van der Waals surface area contributed by atoms with E-state index < -0.39 is 48.3 Å². The first kappa shape index (κ1) is 23.1. The first-order valence-electron chi connectivity index (χ1n) is 9.00. The summed E-state index contributed by atoms with van der Waals surface area (Å²) in [5, 5.41) is 22.7. The topological polar surface area (TPSA) is 159 Å². The predicted molar refractivity (Wildman–Crippen MR) is 101 cm³/mol. The predicted octanol–water partition coefficient (Wildman–Crippen LogP) is 0.131. The highest BCUT2D eigenvalue weighted by Crippen LogP contribution is 2.08. The summed E-state index contributed by atoms with van der Waals surface area (Å²) in [6.07, 6.45) is -0.00561.